The molecule has 0 aliphatic heterocycles. The summed E-state index contributed by atoms with van der Waals surface area (Å²) in [6.45, 7) is -0.126. The van der Waals surface area contributed by atoms with Crippen LogP contribution in [0.4, 0.5) is 8.78 Å². The molecule has 1 N–H and O–H groups in total. The number of hydrogen-bond acceptors (Lipinski definition) is 2. The summed E-state index contributed by atoms with van der Waals surface area (Å²) in [6.07, 6.45) is 0. The quantitative estimate of drug-likeness (QED) is 0.765. The van der Waals surface area contributed by atoms with Crippen LogP contribution in [0.5, 0.6) is 0 Å². The topological polar surface area (TPSA) is 54.9 Å². The molecule has 3 rings (SSSR count). The summed E-state index contributed by atoms with van der Waals surface area (Å²) >= 11 is 11.8. The van der Waals surface area contributed by atoms with Gasteiger partial charge >= 0.3 is 5.69 Å². The smallest absolute Gasteiger partial charge is 0.307 e. The molecule has 23 heavy (non-hydrogen) atoms. The van der Waals surface area contributed by atoms with E-state index in [4.69, 9.17) is 23.2 Å². The molecule has 8 heteroatoms. The highest BCUT2D eigenvalue weighted by molar-refractivity contribution is 6.35. The minimum Gasteiger partial charge on any atom is -0.307 e. The second-order valence-electron chi connectivity index (χ2n) is 4.87. The van der Waals surface area contributed by atoms with E-state index >= 15 is 0 Å². The lowest BCUT2D eigenvalue weighted by atomic mass is 10.2. The van der Waals surface area contributed by atoms with Crippen molar-refractivity contribution in [3.63, 3.8) is 0 Å². The van der Waals surface area contributed by atoms with Gasteiger partial charge in [0.1, 0.15) is 0 Å². The van der Waals surface area contributed by atoms with E-state index in [2.05, 4.69) is 4.98 Å². The van der Waals surface area contributed by atoms with Crippen LogP contribution in [0.3, 0.4) is 0 Å². The fourth-order valence-electron chi connectivity index (χ4n) is 2.21. The fourth-order valence-corrected chi connectivity index (χ4v) is 2.68. The van der Waals surface area contributed by atoms with Gasteiger partial charge in [-0.1, -0.05) is 29.3 Å². The van der Waals surface area contributed by atoms with Crippen molar-refractivity contribution in [3.8, 4) is 0 Å². The molecule has 1 aromatic heterocycles. The van der Waals surface area contributed by atoms with Gasteiger partial charge in [0.05, 0.1) is 17.4 Å². The first-order chi connectivity index (χ1) is 10.9. The predicted octanol–water partition coefficient (Wildman–Crippen LogP) is 3.32. The molecule has 0 aliphatic rings. The van der Waals surface area contributed by atoms with Crippen LogP contribution in [-0.2, 0) is 6.54 Å². The van der Waals surface area contributed by atoms with Crippen molar-refractivity contribution in [2.24, 2.45) is 0 Å². The summed E-state index contributed by atoms with van der Waals surface area (Å²) in [5.74, 6) is -2.32. The Morgan fingerprint density at radius 2 is 1.74 bits per heavy atom. The van der Waals surface area contributed by atoms with Gasteiger partial charge in [0, 0.05) is 16.1 Å². The zero-order valence-corrected chi connectivity index (χ0v) is 12.9. The molecule has 0 atom stereocenters. The number of nitrogens with one attached hydrogen (secondary N) is 1. The number of benzene rings is 2. The highest BCUT2D eigenvalue weighted by Gasteiger charge is 2.13. The third-order valence-electron chi connectivity index (χ3n) is 3.37. The van der Waals surface area contributed by atoms with Crippen LogP contribution in [0.1, 0.15) is 5.56 Å². The minimum atomic E-state index is -1.17. The van der Waals surface area contributed by atoms with Gasteiger partial charge in [0.2, 0.25) is 0 Å². The number of halogens is 4. The third kappa shape index (κ3) is 2.87. The molecule has 3 aromatic rings. The Kier molecular flexibility index (Phi) is 3.95. The van der Waals surface area contributed by atoms with Crippen LogP contribution in [0.15, 0.2) is 39.9 Å². The van der Waals surface area contributed by atoms with E-state index in [1.165, 1.54) is 6.07 Å². The average molecular weight is 357 g/mol. The Hall–Kier alpha value is -2.18. The lowest BCUT2D eigenvalue weighted by Crippen LogP contribution is -2.35. The Balaban J connectivity index is 2.20. The van der Waals surface area contributed by atoms with Crippen LogP contribution in [-0.4, -0.2) is 9.55 Å². The lowest BCUT2D eigenvalue weighted by Gasteiger charge is -2.08. The third-order valence-corrected chi connectivity index (χ3v) is 3.95. The molecule has 0 bridgehead atoms. The summed E-state index contributed by atoms with van der Waals surface area (Å²) in [6, 6.07) is 6.15. The van der Waals surface area contributed by atoms with Gasteiger partial charge in [-0.05, 0) is 23.8 Å². The Morgan fingerprint density at radius 3 is 2.43 bits per heavy atom. The molecule has 4 nitrogen and oxygen atoms in total. The Morgan fingerprint density at radius 1 is 1.04 bits per heavy atom. The normalized spacial score (nSPS) is 11.1. The second-order valence-corrected chi connectivity index (χ2v) is 5.71. The van der Waals surface area contributed by atoms with Gasteiger partial charge in [-0.15, -0.1) is 0 Å². The summed E-state index contributed by atoms with van der Waals surface area (Å²) in [7, 11) is 0. The summed E-state index contributed by atoms with van der Waals surface area (Å²) in [5.41, 5.74) is -1.07. The first-order valence-electron chi connectivity index (χ1n) is 6.42. The van der Waals surface area contributed by atoms with Crippen LogP contribution in [0.25, 0.3) is 10.9 Å². The van der Waals surface area contributed by atoms with Crippen molar-refractivity contribution in [1.29, 1.82) is 0 Å². The zero-order valence-electron chi connectivity index (χ0n) is 11.4. The number of nitrogens with zero attached hydrogens (tertiary/aromatic N) is 1. The molecule has 0 saturated heterocycles. The van der Waals surface area contributed by atoms with Crippen molar-refractivity contribution in [1.82, 2.24) is 9.55 Å². The molecular weight excluding hydrogens is 349 g/mol. The molecule has 0 unspecified atom stereocenters. The van der Waals surface area contributed by atoms with Crippen molar-refractivity contribution in [2.75, 3.05) is 0 Å². The van der Waals surface area contributed by atoms with Gasteiger partial charge in [-0.25, -0.2) is 13.6 Å². The number of hydrogen-bond donors (Lipinski definition) is 1. The molecule has 118 valence electrons. The highest BCUT2D eigenvalue weighted by Crippen LogP contribution is 2.21. The van der Waals surface area contributed by atoms with Crippen LogP contribution < -0.4 is 11.2 Å². The minimum absolute atomic E-state index is 0.0719. The zero-order chi connectivity index (χ0) is 16.7. The van der Waals surface area contributed by atoms with Crippen LogP contribution in [0.2, 0.25) is 10.0 Å². The fraction of sp³-hybridized carbons (Fsp3) is 0.0667. The van der Waals surface area contributed by atoms with Crippen LogP contribution >= 0.6 is 23.2 Å². The molecule has 0 spiro atoms. The van der Waals surface area contributed by atoms with Gasteiger partial charge in [-0.3, -0.25) is 9.36 Å². The van der Waals surface area contributed by atoms with Crippen LogP contribution in [0, 0.1) is 11.6 Å². The van der Waals surface area contributed by atoms with E-state index in [1.807, 2.05) is 0 Å². The summed E-state index contributed by atoms with van der Waals surface area (Å²) in [5, 5.41) is 0.568. The second kappa shape index (κ2) is 5.79. The molecule has 0 saturated carbocycles. The molecule has 0 aliphatic carbocycles. The van der Waals surface area contributed by atoms with Gasteiger partial charge in [-0.2, -0.15) is 0 Å². The molecule has 0 radical (unpaired) electrons. The van der Waals surface area contributed by atoms with Gasteiger partial charge in [0.25, 0.3) is 5.56 Å². The first-order valence-corrected chi connectivity index (χ1v) is 7.18. The Labute approximate surface area is 137 Å². The van der Waals surface area contributed by atoms with Crippen molar-refractivity contribution < 1.29 is 8.78 Å². The summed E-state index contributed by atoms with van der Waals surface area (Å²) < 4.78 is 27.4. The van der Waals surface area contributed by atoms with E-state index in [0.29, 0.717) is 10.6 Å². The lowest BCUT2D eigenvalue weighted by molar-refractivity contribution is 0.510. The van der Waals surface area contributed by atoms with Gasteiger partial charge < -0.3 is 4.98 Å². The van der Waals surface area contributed by atoms with Crippen molar-refractivity contribution >= 4 is 34.1 Å². The SMILES string of the molecule is O=c1[nH]c2cc(F)c(F)cc2c(=O)n1Cc1ccc(Cl)cc1Cl. The molecule has 2 aromatic carbocycles. The standard InChI is InChI=1S/C15H8Cl2F2N2O2/c16-8-2-1-7(10(17)3-8)6-21-14(22)9-4-11(18)12(19)5-13(9)20-15(21)23/h1-5H,6H2,(H,20,23). The molecule has 1 heterocycles. The monoisotopic (exact) mass is 356 g/mol. The highest BCUT2D eigenvalue weighted by atomic mass is 35.5. The maximum atomic E-state index is 13.3. The van der Waals surface area contributed by atoms with Gasteiger partial charge in [0.15, 0.2) is 11.6 Å². The largest absolute Gasteiger partial charge is 0.329 e. The Bertz CT molecular complexity index is 1040. The van der Waals surface area contributed by atoms with E-state index < -0.39 is 22.9 Å². The van der Waals surface area contributed by atoms with E-state index in [0.717, 1.165) is 16.7 Å². The molecular formula is C15H8Cl2F2N2O2. The van der Waals surface area contributed by atoms with E-state index in [1.54, 1.807) is 12.1 Å². The number of H-pyrrole nitrogens is 1. The average Bonchev–Trinajstić information content (AvgIpc) is 2.48. The maximum Gasteiger partial charge on any atom is 0.329 e. The number of rotatable bonds is 2. The number of aromatic nitrogens is 2. The molecule has 0 fully saturated rings. The van der Waals surface area contributed by atoms with E-state index in [9.17, 15) is 18.4 Å². The van der Waals surface area contributed by atoms with E-state index in [-0.39, 0.29) is 22.5 Å². The number of aromatic amines is 1. The summed E-state index contributed by atoms with van der Waals surface area (Å²) in [4.78, 5) is 26.8. The molecule has 0 amide bonds. The maximum absolute atomic E-state index is 13.3. The predicted molar refractivity (Wildman–Crippen MR) is 84.3 cm³/mol. The first kappa shape index (κ1) is 15.7. The number of fused-ring (bicyclic) bond motifs is 1. The van der Waals surface area contributed by atoms with Crippen molar-refractivity contribution in [2.45, 2.75) is 6.54 Å². The van der Waals surface area contributed by atoms with Crippen molar-refractivity contribution in [3.05, 3.63) is 78.4 Å².